The van der Waals surface area contributed by atoms with Crippen LogP contribution in [0.3, 0.4) is 0 Å². The first-order chi connectivity index (χ1) is 8.42. The van der Waals surface area contributed by atoms with E-state index in [-0.39, 0.29) is 19.8 Å². The van der Waals surface area contributed by atoms with Crippen molar-refractivity contribution in [2.24, 2.45) is 0 Å². The molecular formula is C11H12BrF3O3. The summed E-state index contributed by atoms with van der Waals surface area (Å²) in [5, 5.41) is 8.89. The molecule has 0 aliphatic carbocycles. The Hall–Kier alpha value is -0.790. The van der Waals surface area contributed by atoms with E-state index in [1.165, 1.54) is 0 Å². The predicted molar refractivity (Wildman–Crippen MR) is 62.4 cm³/mol. The van der Waals surface area contributed by atoms with Gasteiger partial charge in [-0.2, -0.15) is 13.2 Å². The summed E-state index contributed by atoms with van der Waals surface area (Å²) >= 11 is 3.23. The second-order valence-electron chi connectivity index (χ2n) is 3.44. The van der Waals surface area contributed by atoms with Crippen LogP contribution in [0.15, 0.2) is 22.7 Å². The predicted octanol–water partition coefficient (Wildman–Crippen LogP) is 2.90. The van der Waals surface area contributed by atoms with Gasteiger partial charge in [0.05, 0.1) is 17.7 Å². The molecule has 1 N–H and O–H groups in total. The van der Waals surface area contributed by atoms with Gasteiger partial charge in [-0.1, -0.05) is 6.07 Å². The largest absolute Gasteiger partial charge is 0.490 e. The Labute approximate surface area is 111 Å². The third-order valence-electron chi connectivity index (χ3n) is 1.93. The maximum Gasteiger partial charge on any atom is 0.411 e. The highest BCUT2D eigenvalue weighted by Gasteiger charge is 2.27. The van der Waals surface area contributed by atoms with Crippen molar-refractivity contribution in [3.05, 3.63) is 28.2 Å². The first-order valence-electron chi connectivity index (χ1n) is 5.09. The van der Waals surface area contributed by atoms with Gasteiger partial charge in [0.1, 0.15) is 19.0 Å². The molecule has 0 aliphatic heterocycles. The van der Waals surface area contributed by atoms with Crippen molar-refractivity contribution in [2.75, 3.05) is 19.8 Å². The van der Waals surface area contributed by atoms with E-state index < -0.39 is 12.8 Å². The van der Waals surface area contributed by atoms with Crippen molar-refractivity contribution in [2.45, 2.75) is 12.8 Å². The highest BCUT2D eigenvalue weighted by atomic mass is 79.9. The Balaban J connectivity index is 2.31. The monoisotopic (exact) mass is 328 g/mol. The molecule has 3 nitrogen and oxygen atoms in total. The van der Waals surface area contributed by atoms with Crippen LogP contribution in [-0.2, 0) is 11.3 Å². The van der Waals surface area contributed by atoms with Crippen molar-refractivity contribution in [1.82, 2.24) is 0 Å². The van der Waals surface area contributed by atoms with Crippen molar-refractivity contribution in [3.63, 3.8) is 0 Å². The fraction of sp³-hybridized carbons (Fsp3) is 0.455. The van der Waals surface area contributed by atoms with Gasteiger partial charge < -0.3 is 14.6 Å². The molecule has 0 aliphatic rings. The molecule has 0 bridgehead atoms. The maximum atomic E-state index is 11.8. The molecule has 1 aromatic carbocycles. The third-order valence-corrected chi connectivity index (χ3v) is 2.55. The molecule has 1 rings (SSSR count). The average molecular weight is 329 g/mol. The molecule has 0 saturated carbocycles. The number of halogens is 4. The molecule has 0 heterocycles. The van der Waals surface area contributed by atoms with Crippen LogP contribution in [0.25, 0.3) is 0 Å². The highest BCUT2D eigenvalue weighted by molar-refractivity contribution is 9.10. The van der Waals surface area contributed by atoms with Crippen LogP contribution in [0.2, 0.25) is 0 Å². The first-order valence-corrected chi connectivity index (χ1v) is 5.88. The van der Waals surface area contributed by atoms with Crippen molar-refractivity contribution >= 4 is 15.9 Å². The van der Waals surface area contributed by atoms with E-state index in [1.807, 2.05) is 0 Å². The number of benzene rings is 1. The van der Waals surface area contributed by atoms with Crippen LogP contribution in [-0.4, -0.2) is 31.1 Å². The molecule has 0 aromatic heterocycles. The normalized spacial score (nSPS) is 11.6. The Morgan fingerprint density at radius 3 is 2.50 bits per heavy atom. The molecule has 0 amide bonds. The fourth-order valence-electron chi connectivity index (χ4n) is 1.16. The van der Waals surface area contributed by atoms with Crippen LogP contribution in [0.5, 0.6) is 5.75 Å². The quantitative estimate of drug-likeness (QED) is 0.816. The number of hydrogen-bond donors (Lipinski definition) is 1. The van der Waals surface area contributed by atoms with Gasteiger partial charge in [0.2, 0.25) is 0 Å². The Morgan fingerprint density at radius 2 is 1.94 bits per heavy atom. The summed E-state index contributed by atoms with van der Waals surface area (Å²) in [6.45, 7) is -1.49. The molecule has 0 fully saturated rings. The standard InChI is InChI=1S/C11H12BrF3O3/c12-9-5-8(6-16)1-2-10(9)18-4-3-17-7-11(13,14)15/h1-2,5,16H,3-4,6-7H2. The molecule has 102 valence electrons. The van der Waals surface area contributed by atoms with E-state index in [0.717, 1.165) is 0 Å². The Morgan fingerprint density at radius 1 is 1.22 bits per heavy atom. The van der Waals surface area contributed by atoms with E-state index >= 15 is 0 Å². The molecule has 0 atom stereocenters. The summed E-state index contributed by atoms with van der Waals surface area (Å²) in [6, 6.07) is 4.96. The minimum atomic E-state index is -4.32. The lowest BCUT2D eigenvalue weighted by Gasteiger charge is -2.10. The molecule has 0 unspecified atom stereocenters. The average Bonchev–Trinajstić information content (AvgIpc) is 2.29. The smallest absolute Gasteiger partial charge is 0.411 e. The summed E-state index contributed by atoms with van der Waals surface area (Å²) in [4.78, 5) is 0. The maximum absolute atomic E-state index is 11.8. The Bertz CT molecular complexity index is 382. The van der Waals surface area contributed by atoms with Gasteiger partial charge in [0.25, 0.3) is 0 Å². The lowest BCUT2D eigenvalue weighted by atomic mass is 10.2. The minimum Gasteiger partial charge on any atom is -0.490 e. The summed E-state index contributed by atoms with van der Waals surface area (Å²) in [5.74, 6) is 0.489. The van der Waals surface area contributed by atoms with Gasteiger partial charge in [-0.05, 0) is 33.6 Å². The number of aliphatic hydroxyl groups excluding tert-OH is 1. The zero-order chi connectivity index (χ0) is 13.6. The van der Waals surface area contributed by atoms with E-state index in [2.05, 4.69) is 20.7 Å². The van der Waals surface area contributed by atoms with Gasteiger partial charge in [0.15, 0.2) is 0 Å². The molecule has 18 heavy (non-hydrogen) atoms. The van der Waals surface area contributed by atoms with Gasteiger partial charge in [-0.3, -0.25) is 0 Å². The third kappa shape index (κ3) is 5.70. The van der Waals surface area contributed by atoms with E-state index in [9.17, 15) is 13.2 Å². The van der Waals surface area contributed by atoms with E-state index in [0.29, 0.717) is 15.8 Å². The molecule has 0 saturated heterocycles. The molecule has 1 aromatic rings. The van der Waals surface area contributed by atoms with Crippen molar-refractivity contribution in [1.29, 1.82) is 0 Å². The van der Waals surface area contributed by atoms with Crippen molar-refractivity contribution in [3.8, 4) is 5.75 Å². The van der Waals surface area contributed by atoms with Gasteiger partial charge >= 0.3 is 6.18 Å². The zero-order valence-corrected chi connectivity index (χ0v) is 10.9. The van der Waals surface area contributed by atoms with Gasteiger partial charge in [0, 0.05) is 0 Å². The minimum absolute atomic E-state index is 0.0210. The lowest BCUT2D eigenvalue weighted by molar-refractivity contribution is -0.175. The van der Waals surface area contributed by atoms with Gasteiger partial charge in [-0.15, -0.1) is 0 Å². The second kappa shape index (κ2) is 6.96. The highest BCUT2D eigenvalue weighted by Crippen LogP contribution is 2.26. The van der Waals surface area contributed by atoms with Crippen LogP contribution >= 0.6 is 15.9 Å². The summed E-state index contributed by atoms with van der Waals surface area (Å²) in [5.41, 5.74) is 0.711. The summed E-state index contributed by atoms with van der Waals surface area (Å²) in [6.07, 6.45) is -4.32. The van der Waals surface area contributed by atoms with Crippen LogP contribution < -0.4 is 4.74 Å². The molecule has 0 radical (unpaired) electrons. The zero-order valence-electron chi connectivity index (χ0n) is 9.34. The number of hydrogen-bond acceptors (Lipinski definition) is 3. The molecule has 7 heteroatoms. The fourth-order valence-corrected chi connectivity index (χ4v) is 1.70. The molecular weight excluding hydrogens is 317 g/mol. The lowest BCUT2D eigenvalue weighted by Crippen LogP contribution is -2.19. The first kappa shape index (κ1) is 15.3. The van der Waals surface area contributed by atoms with Crippen molar-refractivity contribution < 1.29 is 27.8 Å². The van der Waals surface area contributed by atoms with Crippen LogP contribution in [0, 0.1) is 0 Å². The second-order valence-corrected chi connectivity index (χ2v) is 4.29. The number of alkyl halides is 3. The van der Waals surface area contributed by atoms with Crippen LogP contribution in [0.1, 0.15) is 5.56 Å². The van der Waals surface area contributed by atoms with E-state index in [1.54, 1.807) is 18.2 Å². The summed E-state index contributed by atoms with van der Waals surface area (Å²) < 4.78 is 45.5. The number of rotatable bonds is 6. The number of ether oxygens (including phenoxy) is 2. The SMILES string of the molecule is OCc1ccc(OCCOCC(F)(F)F)c(Br)c1. The Kier molecular flexibility index (Phi) is 5.90. The topological polar surface area (TPSA) is 38.7 Å². The van der Waals surface area contributed by atoms with Gasteiger partial charge in [-0.25, -0.2) is 0 Å². The summed E-state index contributed by atoms with van der Waals surface area (Å²) in [7, 11) is 0. The number of aliphatic hydroxyl groups is 1. The van der Waals surface area contributed by atoms with Crippen LogP contribution in [0.4, 0.5) is 13.2 Å². The van der Waals surface area contributed by atoms with E-state index in [4.69, 9.17) is 9.84 Å². The molecule has 0 spiro atoms.